The lowest BCUT2D eigenvalue weighted by Crippen LogP contribution is -2.17. The molecule has 0 aromatic heterocycles. The molecule has 0 fully saturated rings. The first kappa shape index (κ1) is 36.2. The van der Waals surface area contributed by atoms with Crippen molar-refractivity contribution in [1.82, 2.24) is 0 Å². The van der Waals surface area contributed by atoms with Crippen LogP contribution in [0.3, 0.4) is 0 Å². The Morgan fingerprint density at radius 2 is 1.12 bits per heavy atom. The largest absolute Gasteiger partial charge is 0.397 e. The molecule has 2 heteroatoms. The number of hydrogen-bond acceptors (Lipinski definition) is 2. The van der Waals surface area contributed by atoms with Crippen LogP contribution in [0.1, 0.15) is 98.5 Å². The summed E-state index contributed by atoms with van der Waals surface area (Å²) in [5.41, 5.74) is 35.3. The van der Waals surface area contributed by atoms with Gasteiger partial charge in [-0.1, -0.05) is 169 Å². The van der Waals surface area contributed by atoms with Crippen LogP contribution < -0.4 is 5.73 Å². The van der Waals surface area contributed by atoms with Crippen LogP contribution in [0.2, 0.25) is 0 Å². The monoisotopic (exact) mass is 736 g/mol. The zero-order chi connectivity index (χ0) is 40.0. The van der Waals surface area contributed by atoms with Crippen LogP contribution in [0.25, 0.3) is 39.0 Å². The van der Waals surface area contributed by atoms with E-state index < -0.39 is 0 Å². The van der Waals surface area contributed by atoms with Crippen LogP contribution in [0, 0.1) is 5.41 Å². The number of rotatable bonds is 7. The summed E-state index contributed by atoms with van der Waals surface area (Å²) in [6.07, 6.45) is 10.2. The molecule has 0 saturated heterocycles. The van der Waals surface area contributed by atoms with Gasteiger partial charge in [0.1, 0.15) is 0 Å². The second kappa shape index (κ2) is 12.8. The molecule has 57 heavy (non-hydrogen) atoms. The van der Waals surface area contributed by atoms with Crippen molar-refractivity contribution in [3.63, 3.8) is 0 Å². The van der Waals surface area contributed by atoms with Gasteiger partial charge in [0.05, 0.1) is 11.4 Å². The van der Waals surface area contributed by atoms with Crippen molar-refractivity contribution < 1.29 is 0 Å². The molecule has 5 aromatic carbocycles. The minimum absolute atomic E-state index is 0.138. The molecule has 4 aliphatic carbocycles. The maximum atomic E-state index is 9.58. The van der Waals surface area contributed by atoms with Crippen molar-refractivity contribution in [2.75, 3.05) is 0 Å². The van der Waals surface area contributed by atoms with Crippen molar-refractivity contribution in [1.29, 1.82) is 5.41 Å². The van der Waals surface area contributed by atoms with Crippen LogP contribution in [0.15, 0.2) is 168 Å². The summed E-state index contributed by atoms with van der Waals surface area (Å²) >= 11 is 0. The molecule has 0 spiro atoms. The lowest BCUT2D eigenvalue weighted by Gasteiger charge is -2.24. The van der Waals surface area contributed by atoms with Crippen LogP contribution >= 0.6 is 0 Å². The van der Waals surface area contributed by atoms with Gasteiger partial charge in [-0.15, -0.1) is 0 Å². The molecule has 0 saturated carbocycles. The maximum Gasteiger partial charge on any atom is 0.0690 e. The predicted octanol–water partition coefficient (Wildman–Crippen LogP) is 13.2. The fourth-order valence-electron chi connectivity index (χ4n) is 9.87. The molecule has 0 aliphatic heterocycles. The summed E-state index contributed by atoms with van der Waals surface area (Å²) in [4.78, 5) is 0. The molecule has 4 aliphatic rings. The van der Waals surface area contributed by atoms with E-state index in [0.29, 0.717) is 11.4 Å². The topological polar surface area (TPSA) is 49.9 Å². The standard InChI is InChI=1S/C55H48N2/c1-9-15-37(51(56)35-23-27-41-39-17-11-13-19-45(39)53(3,4)49(41)31-35)33-21-25-43-44-26-22-34(30-48(44)55(7,8)47(43)29-33)38(16-10-2)52(57)36-24-28-42-40-18-12-14-20-46(40)54(5,6)50(42)32-36/h9-23,25-27,29-32,56H,1,57H2,2-8H3/b16-10-,37-15-,52-38+,56-51?. The number of nitrogens with one attached hydrogen (secondary N) is 1. The highest BCUT2D eigenvalue weighted by Gasteiger charge is 2.40. The van der Waals surface area contributed by atoms with Gasteiger partial charge in [-0.05, 0) is 104 Å². The number of allylic oxidation sites excluding steroid dienone is 9. The van der Waals surface area contributed by atoms with E-state index in [4.69, 9.17) is 5.73 Å². The third-order valence-electron chi connectivity index (χ3n) is 13.1. The molecule has 278 valence electrons. The third-order valence-corrected chi connectivity index (χ3v) is 13.1. The Balaban J connectivity index is 1.08. The van der Waals surface area contributed by atoms with Crippen molar-refractivity contribution in [3.8, 4) is 22.3 Å². The molecular weight excluding hydrogens is 689 g/mol. The van der Waals surface area contributed by atoms with Gasteiger partial charge in [0, 0.05) is 44.1 Å². The SMILES string of the molecule is C=C/C=C(\C(=N)c1ccc2c(c1)C(C)(C)c1ccccc1-2)c1ccc2c(c1)C(C)(C)c1cc(C(/C=C\C)=C(/N)C3=C=C=C4C(=C3)C(C)(C)c3ccccc34)ccc1-2. The smallest absolute Gasteiger partial charge is 0.0690 e. The molecule has 0 atom stereocenters. The van der Waals surface area contributed by atoms with Crippen molar-refractivity contribution in [3.05, 3.63) is 218 Å². The van der Waals surface area contributed by atoms with Gasteiger partial charge >= 0.3 is 0 Å². The Morgan fingerprint density at radius 1 is 0.614 bits per heavy atom. The summed E-state index contributed by atoms with van der Waals surface area (Å²) < 4.78 is 0. The summed E-state index contributed by atoms with van der Waals surface area (Å²) in [5.74, 6) is 0. The zero-order valence-corrected chi connectivity index (χ0v) is 34.0. The van der Waals surface area contributed by atoms with Gasteiger partial charge in [0.2, 0.25) is 0 Å². The van der Waals surface area contributed by atoms with Crippen molar-refractivity contribution in [2.45, 2.75) is 64.7 Å². The first-order chi connectivity index (χ1) is 27.3. The molecule has 3 N–H and O–H groups in total. The predicted molar refractivity (Wildman–Crippen MR) is 240 cm³/mol. The Hall–Kier alpha value is -6.43. The third kappa shape index (κ3) is 5.29. The zero-order valence-electron chi connectivity index (χ0n) is 34.0. The fraction of sp³-hybridized carbons (Fsp3) is 0.182. The minimum Gasteiger partial charge on any atom is -0.397 e. The molecule has 0 heterocycles. The molecule has 5 aromatic rings. The minimum atomic E-state index is -0.291. The lowest BCUT2D eigenvalue weighted by atomic mass is 9.79. The second-order valence-corrected chi connectivity index (χ2v) is 17.4. The first-order valence-corrected chi connectivity index (χ1v) is 20.0. The fourth-order valence-corrected chi connectivity index (χ4v) is 9.87. The highest BCUT2D eigenvalue weighted by Crippen LogP contribution is 2.53. The quantitative estimate of drug-likeness (QED) is 0.0976. The molecule has 0 radical (unpaired) electrons. The Bertz CT molecular complexity index is 2880. The number of nitrogens with two attached hydrogens (primary N) is 1. The number of hydrogen-bond donors (Lipinski definition) is 2. The molecule has 0 unspecified atom stereocenters. The van der Waals surface area contributed by atoms with Crippen molar-refractivity contribution in [2.24, 2.45) is 5.73 Å². The second-order valence-electron chi connectivity index (χ2n) is 17.4. The van der Waals surface area contributed by atoms with Gasteiger partial charge in [-0.25, -0.2) is 0 Å². The molecule has 2 nitrogen and oxygen atoms in total. The summed E-state index contributed by atoms with van der Waals surface area (Å²) in [6, 6.07) is 37.3. The summed E-state index contributed by atoms with van der Waals surface area (Å²) in [7, 11) is 0. The summed E-state index contributed by atoms with van der Waals surface area (Å²) in [6.45, 7) is 19.8. The Kier molecular flexibility index (Phi) is 8.14. The Morgan fingerprint density at radius 3 is 1.75 bits per heavy atom. The summed E-state index contributed by atoms with van der Waals surface area (Å²) in [5, 5.41) is 9.58. The van der Waals surface area contributed by atoms with Gasteiger partial charge in [-0.2, -0.15) is 0 Å². The van der Waals surface area contributed by atoms with E-state index in [9.17, 15) is 5.41 Å². The van der Waals surface area contributed by atoms with E-state index in [1.54, 1.807) is 6.08 Å². The molecule has 9 rings (SSSR count). The van der Waals surface area contributed by atoms with Crippen LogP contribution in [-0.2, 0) is 16.2 Å². The van der Waals surface area contributed by atoms with Gasteiger partial charge < -0.3 is 5.73 Å². The van der Waals surface area contributed by atoms with Crippen LogP contribution in [-0.4, -0.2) is 5.71 Å². The normalized spacial score (nSPS) is 17.7. The molecule has 0 bridgehead atoms. The highest BCUT2D eigenvalue weighted by molar-refractivity contribution is 6.30. The Labute approximate surface area is 337 Å². The van der Waals surface area contributed by atoms with E-state index in [-0.39, 0.29) is 16.2 Å². The van der Waals surface area contributed by atoms with Crippen molar-refractivity contribution >= 4 is 22.4 Å². The first-order valence-electron chi connectivity index (χ1n) is 20.0. The van der Waals surface area contributed by atoms with Gasteiger partial charge in [-0.3, -0.25) is 5.41 Å². The molecule has 0 amide bonds. The van der Waals surface area contributed by atoms with E-state index in [2.05, 4.69) is 181 Å². The molecular formula is C55H48N2. The number of fused-ring (bicyclic) bond motifs is 9. The van der Waals surface area contributed by atoms with Crippen LogP contribution in [0.5, 0.6) is 0 Å². The van der Waals surface area contributed by atoms with E-state index >= 15 is 0 Å². The van der Waals surface area contributed by atoms with E-state index in [1.165, 1.54) is 61.2 Å². The van der Waals surface area contributed by atoms with Gasteiger partial charge in [0.25, 0.3) is 0 Å². The maximum absolute atomic E-state index is 9.58. The lowest BCUT2D eigenvalue weighted by molar-refractivity contribution is 0.659. The van der Waals surface area contributed by atoms with Gasteiger partial charge in [0.15, 0.2) is 0 Å². The number of benzene rings is 5. The highest BCUT2D eigenvalue weighted by atomic mass is 14.6. The van der Waals surface area contributed by atoms with Crippen LogP contribution in [0.4, 0.5) is 0 Å². The average Bonchev–Trinajstić information content (AvgIpc) is 3.70. The average molecular weight is 737 g/mol. The van der Waals surface area contributed by atoms with E-state index in [1.807, 2.05) is 13.0 Å². The van der Waals surface area contributed by atoms with E-state index in [0.717, 1.165) is 39.0 Å².